The molecular weight excluding hydrogens is 368 g/mol. The molecule has 164 valence electrons. The van der Waals surface area contributed by atoms with E-state index in [4.69, 9.17) is 9.47 Å². The van der Waals surface area contributed by atoms with Gasteiger partial charge in [-0.25, -0.2) is 4.79 Å². The van der Waals surface area contributed by atoms with E-state index in [1.54, 1.807) is 0 Å². The molecule has 0 aliphatic rings. The second-order valence-corrected chi connectivity index (χ2v) is 7.40. The van der Waals surface area contributed by atoms with Gasteiger partial charge in [0, 0.05) is 12.2 Å². The van der Waals surface area contributed by atoms with Crippen molar-refractivity contribution in [1.82, 2.24) is 4.90 Å². The van der Waals surface area contributed by atoms with Crippen LogP contribution in [0.5, 0.6) is 0 Å². The number of carbonyl (C=O) groups is 2. The minimum absolute atomic E-state index is 0.0742. The second-order valence-electron chi connectivity index (χ2n) is 7.40. The van der Waals surface area contributed by atoms with Gasteiger partial charge in [0.25, 0.3) is 0 Å². The van der Waals surface area contributed by atoms with Crippen LogP contribution >= 0.6 is 0 Å². The number of amides is 1. The van der Waals surface area contributed by atoms with E-state index in [0.717, 1.165) is 29.7 Å². The SMILES string of the molecule is CCCCCCCCOC(=O)OCCN(CC)CC(=O)Nc1c(C)cccc1C. The van der Waals surface area contributed by atoms with E-state index in [1.165, 1.54) is 25.7 Å². The summed E-state index contributed by atoms with van der Waals surface area (Å²) in [5.74, 6) is -0.0742. The van der Waals surface area contributed by atoms with E-state index < -0.39 is 6.16 Å². The van der Waals surface area contributed by atoms with Gasteiger partial charge in [0.1, 0.15) is 6.61 Å². The average Bonchev–Trinajstić information content (AvgIpc) is 2.69. The minimum atomic E-state index is -0.630. The number of nitrogens with zero attached hydrogens (tertiary/aromatic N) is 1. The van der Waals surface area contributed by atoms with Crippen LogP contribution in [0.15, 0.2) is 18.2 Å². The third kappa shape index (κ3) is 10.9. The maximum Gasteiger partial charge on any atom is 0.508 e. The molecule has 0 saturated carbocycles. The lowest BCUT2D eigenvalue weighted by molar-refractivity contribution is -0.117. The molecule has 1 amide bonds. The Morgan fingerprint density at radius 2 is 1.55 bits per heavy atom. The van der Waals surface area contributed by atoms with Crippen molar-refractivity contribution in [2.75, 3.05) is 38.2 Å². The second kappa shape index (κ2) is 14.9. The highest BCUT2D eigenvalue weighted by molar-refractivity contribution is 5.93. The number of unbranched alkanes of at least 4 members (excludes halogenated alkanes) is 5. The first-order valence-corrected chi connectivity index (χ1v) is 10.9. The average molecular weight is 407 g/mol. The van der Waals surface area contributed by atoms with Crippen molar-refractivity contribution in [1.29, 1.82) is 0 Å². The van der Waals surface area contributed by atoms with Crippen molar-refractivity contribution in [3.63, 3.8) is 0 Å². The molecule has 0 unspecified atom stereocenters. The van der Waals surface area contributed by atoms with Crippen molar-refractivity contribution in [3.8, 4) is 0 Å². The summed E-state index contributed by atoms with van der Waals surface area (Å²) in [5, 5.41) is 2.98. The molecule has 6 nitrogen and oxygen atoms in total. The maximum absolute atomic E-state index is 12.4. The lowest BCUT2D eigenvalue weighted by Gasteiger charge is -2.20. The van der Waals surface area contributed by atoms with Crippen molar-refractivity contribution < 1.29 is 19.1 Å². The lowest BCUT2D eigenvalue weighted by atomic mass is 10.1. The van der Waals surface area contributed by atoms with Gasteiger partial charge in [-0.3, -0.25) is 9.69 Å². The number of aryl methyl sites for hydroxylation is 2. The minimum Gasteiger partial charge on any atom is -0.434 e. The summed E-state index contributed by atoms with van der Waals surface area (Å²) in [6, 6.07) is 5.93. The van der Waals surface area contributed by atoms with Crippen LogP contribution in [0.2, 0.25) is 0 Å². The van der Waals surface area contributed by atoms with Crippen LogP contribution in [0.4, 0.5) is 10.5 Å². The lowest BCUT2D eigenvalue weighted by Crippen LogP contribution is -2.36. The molecule has 0 aliphatic carbocycles. The Kier molecular flexibility index (Phi) is 12.8. The largest absolute Gasteiger partial charge is 0.508 e. The number of nitrogens with one attached hydrogen (secondary N) is 1. The molecule has 0 saturated heterocycles. The number of hydrogen-bond acceptors (Lipinski definition) is 5. The molecule has 0 radical (unpaired) electrons. The number of rotatable bonds is 14. The van der Waals surface area contributed by atoms with Crippen LogP contribution in [0.25, 0.3) is 0 Å². The van der Waals surface area contributed by atoms with Crippen molar-refractivity contribution in [2.24, 2.45) is 0 Å². The molecule has 6 heteroatoms. The number of anilines is 1. The fraction of sp³-hybridized carbons (Fsp3) is 0.652. The third-order valence-corrected chi connectivity index (χ3v) is 4.91. The highest BCUT2D eigenvalue weighted by Gasteiger charge is 2.12. The van der Waals surface area contributed by atoms with E-state index in [-0.39, 0.29) is 19.1 Å². The highest BCUT2D eigenvalue weighted by atomic mass is 16.7. The van der Waals surface area contributed by atoms with E-state index in [0.29, 0.717) is 19.7 Å². The van der Waals surface area contributed by atoms with E-state index in [1.807, 2.05) is 43.9 Å². The van der Waals surface area contributed by atoms with Gasteiger partial charge in [-0.05, 0) is 37.9 Å². The highest BCUT2D eigenvalue weighted by Crippen LogP contribution is 2.19. The molecule has 0 heterocycles. The summed E-state index contributed by atoms with van der Waals surface area (Å²) in [4.78, 5) is 25.9. The van der Waals surface area contributed by atoms with E-state index >= 15 is 0 Å². The summed E-state index contributed by atoms with van der Waals surface area (Å²) < 4.78 is 10.2. The predicted octanol–water partition coefficient (Wildman–Crippen LogP) is 5.08. The monoisotopic (exact) mass is 406 g/mol. The summed E-state index contributed by atoms with van der Waals surface area (Å²) in [5.41, 5.74) is 2.94. The number of carbonyl (C=O) groups excluding carboxylic acids is 2. The van der Waals surface area contributed by atoms with E-state index in [9.17, 15) is 9.59 Å². The van der Waals surface area contributed by atoms with E-state index in [2.05, 4.69) is 12.2 Å². The number of ether oxygens (including phenoxy) is 2. The molecule has 29 heavy (non-hydrogen) atoms. The first-order valence-electron chi connectivity index (χ1n) is 10.9. The van der Waals surface area contributed by atoms with Gasteiger partial charge in [-0.1, -0.05) is 64.2 Å². The number of para-hydroxylation sites is 1. The zero-order chi connectivity index (χ0) is 21.5. The zero-order valence-electron chi connectivity index (χ0n) is 18.6. The molecule has 0 atom stereocenters. The van der Waals surface area contributed by atoms with Crippen LogP contribution < -0.4 is 5.32 Å². The molecular formula is C23H38N2O4. The summed E-state index contributed by atoms with van der Waals surface area (Å²) in [7, 11) is 0. The van der Waals surface area contributed by atoms with Crippen LogP contribution in [-0.4, -0.2) is 49.8 Å². The van der Waals surface area contributed by atoms with Gasteiger partial charge in [-0.15, -0.1) is 0 Å². The number of hydrogen-bond donors (Lipinski definition) is 1. The zero-order valence-corrected chi connectivity index (χ0v) is 18.6. The Balaban J connectivity index is 2.21. The summed E-state index contributed by atoms with van der Waals surface area (Å²) >= 11 is 0. The summed E-state index contributed by atoms with van der Waals surface area (Å²) in [6.45, 7) is 10.2. The molecule has 0 spiro atoms. The molecule has 1 aromatic rings. The Morgan fingerprint density at radius 1 is 0.931 bits per heavy atom. The normalized spacial score (nSPS) is 10.8. The molecule has 0 aromatic heterocycles. The van der Waals surface area contributed by atoms with Gasteiger partial charge < -0.3 is 14.8 Å². The number of likely N-dealkylation sites (N-methyl/N-ethyl adjacent to an activating group) is 1. The smallest absolute Gasteiger partial charge is 0.434 e. The Labute approximate surface area is 175 Å². The Morgan fingerprint density at radius 3 is 2.21 bits per heavy atom. The maximum atomic E-state index is 12.4. The number of benzene rings is 1. The molecule has 1 rings (SSSR count). The van der Waals surface area contributed by atoms with Crippen LogP contribution in [0.1, 0.15) is 63.5 Å². The summed E-state index contributed by atoms with van der Waals surface area (Å²) in [6.07, 6.45) is 6.23. The fourth-order valence-corrected chi connectivity index (χ4v) is 3.08. The molecule has 1 N–H and O–H groups in total. The van der Waals surface area contributed by atoms with Gasteiger partial charge in [0.2, 0.25) is 5.91 Å². The molecule has 1 aromatic carbocycles. The topological polar surface area (TPSA) is 67.9 Å². The Hall–Kier alpha value is -2.08. The van der Waals surface area contributed by atoms with Gasteiger partial charge in [0.05, 0.1) is 13.2 Å². The van der Waals surface area contributed by atoms with Crippen LogP contribution in [0.3, 0.4) is 0 Å². The first kappa shape index (κ1) is 25.0. The van der Waals surface area contributed by atoms with Crippen LogP contribution in [0, 0.1) is 13.8 Å². The van der Waals surface area contributed by atoms with Crippen molar-refractivity contribution >= 4 is 17.7 Å². The van der Waals surface area contributed by atoms with Gasteiger partial charge >= 0.3 is 6.16 Å². The van der Waals surface area contributed by atoms with Crippen molar-refractivity contribution in [3.05, 3.63) is 29.3 Å². The van der Waals surface area contributed by atoms with Gasteiger partial charge in [0.15, 0.2) is 0 Å². The third-order valence-electron chi connectivity index (χ3n) is 4.91. The van der Waals surface area contributed by atoms with Crippen LogP contribution in [-0.2, 0) is 14.3 Å². The quantitative estimate of drug-likeness (QED) is 0.345. The fourth-order valence-electron chi connectivity index (χ4n) is 3.08. The molecule has 0 bridgehead atoms. The predicted molar refractivity (Wildman–Crippen MR) is 117 cm³/mol. The standard InChI is InChI=1S/C23H38N2O4/c1-5-7-8-9-10-11-16-28-23(27)29-17-15-25(6-2)18-21(26)24-22-19(3)13-12-14-20(22)4/h12-14H,5-11,15-18H2,1-4H3,(H,24,26). The molecule has 0 aliphatic heterocycles. The van der Waals surface area contributed by atoms with Gasteiger partial charge in [-0.2, -0.15) is 0 Å². The Bertz CT molecular complexity index is 599. The molecule has 0 fully saturated rings. The first-order chi connectivity index (χ1) is 14.0. The van der Waals surface area contributed by atoms with Crippen molar-refractivity contribution in [2.45, 2.75) is 66.2 Å².